The van der Waals surface area contributed by atoms with E-state index in [0.29, 0.717) is 6.42 Å². The third-order valence-corrected chi connectivity index (χ3v) is 6.06. The molecule has 0 saturated carbocycles. The molecule has 3 aliphatic rings. The molecular weight excluding hydrogens is 298 g/mol. The lowest BCUT2D eigenvalue weighted by molar-refractivity contribution is -0.115. The predicted molar refractivity (Wildman–Crippen MR) is 84.1 cm³/mol. The summed E-state index contributed by atoms with van der Waals surface area (Å²) in [6.07, 6.45) is 2.42. The first-order valence-corrected chi connectivity index (χ1v) is 8.53. The number of aliphatic imine (C=N–C) groups is 1. The molecule has 0 radical (unpaired) electrons. The number of nitrogens with zero attached hydrogens (tertiary/aromatic N) is 3. The summed E-state index contributed by atoms with van der Waals surface area (Å²) < 4.78 is 4.79. The van der Waals surface area contributed by atoms with Crippen LogP contribution in [0.25, 0.3) is 11.0 Å². The topological polar surface area (TPSA) is 68.3 Å². The standard InChI is InChI=1S/C16H13N3O2S/c20-13-4-3-10-15(13)14(16-11(17-10)5-6-22-16)8-1-2-9-12(7-8)19-21-18-9/h1-2,7,14,16H,3-6H2. The van der Waals surface area contributed by atoms with Gasteiger partial charge in [-0.25, -0.2) is 4.63 Å². The Balaban J connectivity index is 1.70. The van der Waals surface area contributed by atoms with Crippen molar-refractivity contribution in [3.05, 3.63) is 35.0 Å². The van der Waals surface area contributed by atoms with Gasteiger partial charge < -0.3 is 0 Å². The largest absolute Gasteiger partial charge is 0.294 e. The molecule has 0 amide bonds. The van der Waals surface area contributed by atoms with Crippen molar-refractivity contribution in [1.82, 2.24) is 10.3 Å². The molecule has 0 N–H and O–H groups in total. The third kappa shape index (κ3) is 1.67. The molecule has 1 saturated heterocycles. The van der Waals surface area contributed by atoms with E-state index in [1.54, 1.807) is 0 Å². The summed E-state index contributed by atoms with van der Waals surface area (Å²) in [6, 6.07) is 5.98. The van der Waals surface area contributed by atoms with E-state index in [2.05, 4.69) is 16.4 Å². The summed E-state index contributed by atoms with van der Waals surface area (Å²) in [5.41, 5.74) is 5.82. The Morgan fingerprint density at radius 3 is 3.00 bits per heavy atom. The fourth-order valence-corrected chi connectivity index (χ4v) is 5.16. The van der Waals surface area contributed by atoms with Crippen LogP contribution >= 0.6 is 11.8 Å². The maximum absolute atomic E-state index is 12.4. The van der Waals surface area contributed by atoms with Gasteiger partial charge in [-0.15, -0.1) is 0 Å². The van der Waals surface area contributed by atoms with E-state index in [0.717, 1.165) is 46.5 Å². The number of thioether (sulfide) groups is 1. The average Bonchev–Trinajstić information content (AvgIpc) is 3.24. The number of hydrogen-bond donors (Lipinski definition) is 0. The summed E-state index contributed by atoms with van der Waals surface area (Å²) >= 11 is 1.91. The minimum Gasteiger partial charge on any atom is -0.294 e. The Bertz CT molecular complexity index is 867. The molecule has 0 spiro atoms. The van der Waals surface area contributed by atoms with Crippen LogP contribution in [0.5, 0.6) is 0 Å². The van der Waals surface area contributed by atoms with Crippen molar-refractivity contribution in [3.8, 4) is 0 Å². The highest BCUT2D eigenvalue weighted by Gasteiger charge is 2.43. The first-order valence-electron chi connectivity index (χ1n) is 7.49. The van der Waals surface area contributed by atoms with Gasteiger partial charge in [0, 0.05) is 29.3 Å². The Morgan fingerprint density at radius 1 is 1.14 bits per heavy atom. The van der Waals surface area contributed by atoms with E-state index >= 15 is 0 Å². The highest BCUT2D eigenvalue weighted by Crippen LogP contribution is 2.48. The van der Waals surface area contributed by atoms with Gasteiger partial charge in [-0.05, 0) is 46.6 Å². The summed E-state index contributed by atoms with van der Waals surface area (Å²) in [5.74, 6) is 1.45. The number of aromatic nitrogens is 2. The van der Waals surface area contributed by atoms with Crippen molar-refractivity contribution in [2.75, 3.05) is 5.75 Å². The molecule has 1 aromatic carbocycles. The van der Waals surface area contributed by atoms with Crippen molar-refractivity contribution in [2.24, 2.45) is 4.99 Å². The summed E-state index contributed by atoms with van der Waals surface area (Å²) in [7, 11) is 0. The number of ketones is 1. The number of fused-ring (bicyclic) bond motifs is 2. The molecule has 5 nitrogen and oxygen atoms in total. The third-order valence-electron chi connectivity index (χ3n) is 4.71. The van der Waals surface area contributed by atoms with E-state index in [-0.39, 0.29) is 17.0 Å². The van der Waals surface area contributed by atoms with Crippen LogP contribution in [0.15, 0.2) is 39.1 Å². The van der Waals surface area contributed by atoms with Gasteiger partial charge in [0.25, 0.3) is 0 Å². The second kappa shape index (κ2) is 4.52. The number of rotatable bonds is 1. The normalized spacial score (nSPS) is 27.3. The van der Waals surface area contributed by atoms with E-state index in [9.17, 15) is 4.79 Å². The van der Waals surface area contributed by atoms with Crippen LogP contribution in [0, 0.1) is 0 Å². The smallest absolute Gasteiger partial charge is 0.161 e. The lowest BCUT2D eigenvalue weighted by Crippen LogP contribution is -2.28. The highest BCUT2D eigenvalue weighted by molar-refractivity contribution is 8.01. The van der Waals surface area contributed by atoms with Crippen molar-refractivity contribution >= 4 is 34.3 Å². The summed E-state index contributed by atoms with van der Waals surface area (Å²) in [5, 5.41) is 8.09. The zero-order valence-electron chi connectivity index (χ0n) is 11.8. The molecule has 2 aliphatic heterocycles. The molecule has 110 valence electrons. The van der Waals surface area contributed by atoms with Crippen LogP contribution in [0.1, 0.15) is 30.7 Å². The van der Waals surface area contributed by atoms with Crippen LogP contribution in [0.4, 0.5) is 0 Å². The lowest BCUT2D eigenvalue weighted by Gasteiger charge is -2.28. The number of benzene rings is 1. The fraction of sp³-hybridized carbons (Fsp3) is 0.375. The first-order chi connectivity index (χ1) is 10.8. The quantitative estimate of drug-likeness (QED) is 0.810. The van der Waals surface area contributed by atoms with Gasteiger partial charge >= 0.3 is 0 Å². The van der Waals surface area contributed by atoms with Crippen LogP contribution in [-0.4, -0.2) is 32.8 Å². The van der Waals surface area contributed by atoms with Crippen LogP contribution in [0.3, 0.4) is 0 Å². The van der Waals surface area contributed by atoms with E-state index < -0.39 is 0 Å². The van der Waals surface area contributed by atoms with Gasteiger partial charge in [0.1, 0.15) is 11.0 Å². The molecule has 2 atom stereocenters. The number of hydrogen-bond acceptors (Lipinski definition) is 6. The molecule has 1 aromatic heterocycles. The Morgan fingerprint density at radius 2 is 2.05 bits per heavy atom. The molecule has 1 aliphatic carbocycles. The zero-order chi connectivity index (χ0) is 14.7. The van der Waals surface area contributed by atoms with Gasteiger partial charge in [-0.3, -0.25) is 9.79 Å². The first kappa shape index (κ1) is 12.6. The van der Waals surface area contributed by atoms with E-state index in [4.69, 9.17) is 9.62 Å². The second-order valence-electron chi connectivity index (χ2n) is 5.92. The fourth-order valence-electron chi connectivity index (χ4n) is 3.73. The van der Waals surface area contributed by atoms with Crippen molar-refractivity contribution in [1.29, 1.82) is 0 Å². The minimum atomic E-state index is 0.103. The number of Topliss-reactive ketones (excluding diaryl/α,β-unsaturated/α-hetero) is 1. The van der Waals surface area contributed by atoms with Gasteiger partial charge in [0.2, 0.25) is 0 Å². The summed E-state index contributed by atoms with van der Waals surface area (Å²) in [4.78, 5) is 17.2. The Kier molecular flexibility index (Phi) is 2.59. The Hall–Kier alpha value is -1.95. The van der Waals surface area contributed by atoms with Crippen LogP contribution in [0.2, 0.25) is 0 Å². The predicted octanol–water partition coefficient (Wildman–Crippen LogP) is 2.88. The average molecular weight is 311 g/mol. The summed E-state index contributed by atoms with van der Waals surface area (Å²) in [6.45, 7) is 0. The van der Waals surface area contributed by atoms with Crippen molar-refractivity contribution < 1.29 is 9.42 Å². The minimum absolute atomic E-state index is 0.103. The molecule has 1 fully saturated rings. The van der Waals surface area contributed by atoms with E-state index in [1.807, 2.05) is 23.9 Å². The number of carbonyl (C=O) groups excluding carboxylic acids is 1. The van der Waals surface area contributed by atoms with Crippen LogP contribution in [-0.2, 0) is 4.79 Å². The molecule has 5 rings (SSSR count). The molecule has 22 heavy (non-hydrogen) atoms. The number of carbonyl (C=O) groups is 1. The van der Waals surface area contributed by atoms with Crippen molar-refractivity contribution in [3.63, 3.8) is 0 Å². The lowest BCUT2D eigenvalue weighted by atomic mass is 9.82. The van der Waals surface area contributed by atoms with Gasteiger partial charge in [-0.2, -0.15) is 11.8 Å². The molecule has 2 aromatic rings. The Labute approximate surface area is 130 Å². The van der Waals surface area contributed by atoms with E-state index in [1.165, 1.54) is 5.71 Å². The van der Waals surface area contributed by atoms with Gasteiger partial charge in [-0.1, -0.05) is 6.07 Å². The molecule has 3 heterocycles. The van der Waals surface area contributed by atoms with Crippen LogP contribution < -0.4 is 0 Å². The SMILES string of the molecule is O=C1CCC2=C1C(c1ccc3nonc3c1)C1SCCC1=N2. The maximum atomic E-state index is 12.4. The maximum Gasteiger partial charge on any atom is 0.161 e. The van der Waals surface area contributed by atoms with Gasteiger partial charge in [0.05, 0.1) is 5.25 Å². The molecule has 6 heteroatoms. The molecule has 0 bridgehead atoms. The number of allylic oxidation sites excluding steroid dienone is 2. The zero-order valence-corrected chi connectivity index (χ0v) is 12.6. The highest BCUT2D eigenvalue weighted by atomic mass is 32.2. The monoisotopic (exact) mass is 311 g/mol. The van der Waals surface area contributed by atoms with Crippen molar-refractivity contribution in [2.45, 2.75) is 30.4 Å². The molecule has 2 unspecified atom stereocenters. The molecular formula is C16H13N3O2S. The van der Waals surface area contributed by atoms with Gasteiger partial charge in [0.15, 0.2) is 5.78 Å². The second-order valence-corrected chi connectivity index (χ2v) is 7.17.